The molecule has 0 heterocycles. The van der Waals surface area contributed by atoms with E-state index in [9.17, 15) is 0 Å². The van der Waals surface area contributed by atoms with Crippen LogP contribution < -0.4 is 0 Å². The summed E-state index contributed by atoms with van der Waals surface area (Å²) in [6.07, 6.45) is 11.1. The highest BCUT2D eigenvalue weighted by Crippen LogP contribution is 2.46. The molecule has 0 saturated carbocycles. The summed E-state index contributed by atoms with van der Waals surface area (Å²) in [5, 5.41) is 0.0324. The Morgan fingerprint density at radius 3 is 1.50 bits per heavy atom. The fourth-order valence-corrected chi connectivity index (χ4v) is 4.72. The average molecular weight is 369 g/mol. The van der Waals surface area contributed by atoms with E-state index >= 15 is 0 Å². The summed E-state index contributed by atoms with van der Waals surface area (Å²) < 4.78 is 0. The van der Waals surface area contributed by atoms with Gasteiger partial charge in [0.25, 0.3) is 0 Å². The van der Waals surface area contributed by atoms with Crippen LogP contribution in [0.5, 0.6) is 0 Å². The van der Waals surface area contributed by atoms with Crippen LogP contribution in [0.25, 0.3) is 0 Å². The molecule has 1 atom stereocenters. The van der Waals surface area contributed by atoms with Crippen molar-refractivity contribution in [2.45, 2.75) is 83.7 Å². The highest BCUT2D eigenvalue weighted by atomic mass is 31.0. The topological polar surface area (TPSA) is 0 Å². The lowest BCUT2D eigenvalue weighted by atomic mass is 9.79. The zero-order valence-corrected chi connectivity index (χ0v) is 18.2. The second-order valence-corrected chi connectivity index (χ2v) is 8.58. The molecule has 0 saturated heterocycles. The Kier molecular flexibility index (Phi) is 8.86. The van der Waals surface area contributed by atoms with Crippen molar-refractivity contribution in [2.75, 3.05) is 0 Å². The Bertz CT molecular complexity index is 607. The van der Waals surface area contributed by atoms with E-state index < -0.39 is 0 Å². The van der Waals surface area contributed by atoms with E-state index in [-0.39, 0.29) is 5.16 Å². The maximum atomic E-state index is 3.29. The SMILES string of the molecule is CCCCc1ccccc1C(P)(CCCC)c1ccccc1CCCC. The first-order chi connectivity index (χ1) is 12.7. The predicted molar refractivity (Wildman–Crippen MR) is 120 cm³/mol. The molecule has 0 fully saturated rings. The molecule has 0 aliphatic carbocycles. The molecule has 142 valence electrons. The number of unbranched alkanes of at least 4 members (excludes halogenated alkanes) is 3. The Hall–Kier alpha value is -1.13. The van der Waals surface area contributed by atoms with Gasteiger partial charge in [-0.1, -0.05) is 95.0 Å². The van der Waals surface area contributed by atoms with Crippen molar-refractivity contribution < 1.29 is 0 Å². The summed E-state index contributed by atoms with van der Waals surface area (Å²) in [5.41, 5.74) is 6.11. The Morgan fingerprint density at radius 1 is 0.654 bits per heavy atom. The third-order valence-corrected chi connectivity index (χ3v) is 6.43. The molecule has 26 heavy (non-hydrogen) atoms. The first-order valence-electron chi connectivity index (χ1n) is 10.6. The molecule has 0 radical (unpaired) electrons. The third kappa shape index (κ3) is 5.20. The van der Waals surface area contributed by atoms with E-state index in [0.717, 1.165) is 0 Å². The van der Waals surface area contributed by atoms with Gasteiger partial charge in [0, 0.05) is 5.16 Å². The highest BCUT2D eigenvalue weighted by molar-refractivity contribution is 7.19. The van der Waals surface area contributed by atoms with Crippen molar-refractivity contribution in [3.05, 3.63) is 70.8 Å². The summed E-state index contributed by atoms with van der Waals surface area (Å²) >= 11 is 0. The van der Waals surface area contributed by atoms with Crippen LogP contribution in [0, 0.1) is 0 Å². The first kappa shape index (κ1) is 21.2. The summed E-state index contributed by atoms with van der Waals surface area (Å²) in [6.45, 7) is 6.87. The van der Waals surface area contributed by atoms with Gasteiger partial charge in [-0.2, -0.15) is 0 Å². The van der Waals surface area contributed by atoms with E-state index in [4.69, 9.17) is 0 Å². The molecular formula is C25H37P. The van der Waals surface area contributed by atoms with Gasteiger partial charge in [0.05, 0.1) is 0 Å². The summed E-state index contributed by atoms with van der Waals surface area (Å²) in [5.74, 6) is 0. The van der Waals surface area contributed by atoms with Crippen molar-refractivity contribution in [2.24, 2.45) is 0 Å². The average Bonchev–Trinajstić information content (AvgIpc) is 2.69. The molecular weight excluding hydrogens is 331 g/mol. The minimum Gasteiger partial charge on any atom is -0.122 e. The molecule has 0 aromatic heterocycles. The van der Waals surface area contributed by atoms with Gasteiger partial charge in [0.15, 0.2) is 0 Å². The molecule has 2 aromatic rings. The molecule has 0 bridgehead atoms. The van der Waals surface area contributed by atoms with Crippen LogP contribution in [-0.4, -0.2) is 0 Å². The fraction of sp³-hybridized carbons (Fsp3) is 0.520. The van der Waals surface area contributed by atoms with E-state index in [0.29, 0.717) is 0 Å². The zero-order valence-electron chi connectivity index (χ0n) is 17.1. The molecule has 1 heteroatoms. The summed E-state index contributed by atoms with van der Waals surface area (Å²) in [4.78, 5) is 0. The maximum Gasteiger partial charge on any atom is 0.0349 e. The van der Waals surface area contributed by atoms with Crippen molar-refractivity contribution in [1.82, 2.24) is 0 Å². The number of hydrogen-bond donors (Lipinski definition) is 0. The third-order valence-electron chi connectivity index (χ3n) is 5.52. The van der Waals surface area contributed by atoms with Crippen molar-refractivity contribution >= 4 is 9.24 Å². The van der Waals surface area contributed by atoms with Gasteiger partial charge in [-0.05, 0) is 54.4 Å². The van der Waals surface area contributed by atoms with E-state index in [1.807, 2.05) is 0 Å². The number of hydrogen-bond acceptors (Lipinski definition) is 0. The summed E-state index contributed by atoms with van der Waals surface area (Å²) in [6, 6.07) is 18.3. The van der Waals surface area contributed by atoms with Crippen LogP contribution in [0.15, 0.2) is 48.5 Å². The normalized spacial score (nSPS) is 11.7. The zero-order chi connectivity index (χ0) is 18.8. The lowest BCUT2D eigenvalue weighted by Crippen LogP contribution is -2.23. The molecule has 0 spiro atoms. The Balaban J connectivity index is 2.53. The van der Waals surface area contributed by atoms with Crippen LogP contribution in [0.2, 0.25) is 0 Å². The predicted octanol–water partition coefficient (Wildman–Crippen LogP) is 7.68. The smallest absolute Gasteiger partial charge is 0.0349 e. The second kappa shape index (κ2) is 10.9. The first-order valence-corrected chi connectivity index (χ1v) is 11.2. The molecule has 1 unspecified atom stereocenters. The molecule has 0 aliphatic heterocycles. The molecule has 0 amide bonds. The van der Waals surface area contributed by atoms with Gasteiger partial charge in [-0.15, -0.1) is 9.24 Å². The molecule has 0 N–H and O–H groups in total. The highest BCUT2D eigenvalue weighted by Gasteiger charge is 2.32. The molecule has 0 nitrogen and oxygen atoms in total. The maximum absolute atomic E-state index is 3.29. The van der Waals surface area contributed by atoms with Crippen LogP contribution in [-0.2, 0) is 18.0 Å². The van der Waals surface area contributed by atoms with E-state index in [1.54, 1.807) is 0 Å². The van der Waals surface area contributed by atoms with Gasteiger partial charge in [0.1, 0.15) is 0 Å². The monoisotopic (exact) mass is 368 g/mol. The lowest BCUT2D eigenvalue weighted by molar-refractivity contribution is 0.594. The van der Waals surface area contributed by atoms with Crippen LogP contribution in [0.4, 0.5) is 0 Å². The Labute approximate surface area is 164 Å². The largest absolute Gasteiger partial charge is 0.122 e. The molecule has 2 rings (SSSR count). The summed E-state index contributed by atoms with van der Waals surface area (Å²) in [7, 11) is 3.29. The van der Waals surface area contributed by atoms with E-state index in [2.05, 4.69) is 78.5 Å². The van der Waals surface area contributed by atoms with Crippen LogP contribution in [0.1, 0.15) is 88.0 Å². The Morgan fingerprint density at radius 2 is 1.08 bits per heavy atom. The molecule has 2 aromatic carbocycles. The standard InChI is InChI=1S/C25H37P/c1-4-7-14-21-16-10-12-18-23(21)25(26,20-9-6-3)24-19-13-11-17-22(24)15-8-5-2/h10-13,16-19H,4-9,14-15,20,26H2,1-3H3. The van der Waals surface area contributed by atoms with Crippen molar-refractivity contribution in [3.63, 3.8) is 0 Å². The molecule has 0 aliphatic rings. The van der Waals surface area contributed by atoms with E-state index in [1.165, 1.54) is 80.0 Å². The van der Waals surface area contributed by atoms with Gasteiger partial charge in [-0.25, -0.2) is 0 Å². The van der Waals surface area contributed by atoms with Gasteiger partial charge in [0.2, 0.25) is 0 Å². The lowest BCUT2D eigenvalue weighted by Gasteiger charge is -2.35. The second-order valence-electron chi connectivity index (χ2n) is 7.60. The minimum absolute atomic E-state index is 0.0324. The van der Waals surface area contributed by atoms with Crippen LogP contribution >= 0.6 is 9.24 Å². The number of benzene rings is 2. The number of aryl methyl sites for hydroxylation is 2. The minimum atomic E-state index is 0.0324. The fourth-order valence-electron chi connectivity index (χ4n) is 3.95. The van der Waals surface area contributed by atoms with Crippen LogP contribution in [0.3, 0.4) is 0 Å². The van der Waals surface area contributed by atoms with Gasteiger partial charge < -0.3 is 0 Å². The van der Waals surface area contributed by atoms with Crippen molar-refractivity contribution in [1.29, 1.82) is 0 Å². The number of rotatable bonds is 11. The van der Waals surface area contributed by atoms with Gasteiger partial charge >= 0.3 is 0 Å². The quantitative estimate of drug-likeness (QED) is 0.357. The van der Waals surface area contributed by atoms with Crippen molar-refractivity contribution in [3.8, 4) is 0 Å². The van der Waals surface area contributed by atoms with Gasteiger partial charge in [-0.3, -0.25) is 0 Å².